The first-order valence-corrected chi connectivity index (χ1v) is 4.99. The second-order valence-electron chi connectivity index (χ2n) is 3.52. The molecule has 0 fully saturated rings. The third kappa shape index (κ3) is 2.62. The first-order chi connectivity index (χ1) is 7.36. The summed E-state index contributed by atoms with van der Waals surface area (Å²) in [5.41, 5.74) is 2.23. The minimum absolute atomic E-state index is 0.190. The molecule has 1 atom stereocenters. The Morgan fingerprint density at radius 1 is 1.13 bits per heavy atom. The van der Waals surface area contributed by atoms with E-state index in [4.69, 9.17) is 0 Å². The van der Waals surface area contributed by atoms with Crippen LogP contribution in [0.1, 0.15) is 17.2 Å². The van der Waals surface area contributed by atoms with Gasteiger partial charge in [0.1, 0.15) is 0 Å². The lowest BCUT2D eigenvalue weighted by molar-refractivity contribution is 0.794. The Labute approximate surface area is 90.0 Å². The molecule has 15 heavy (non-hydrogen) atoms. The van der Waals surface area contributed by atoms with Crippen molar-refractivity contribution in [2.24, 2.45) is 0 Å². The van der Waals surface area contributed by atoms with Crippen molar-refractivity contribution in [3.8, 4) is 0 Å². The summed E-state index contributed by atoms with van der Waals surface area (Å²) in [5.74, 6) is 0.190. The van der Waals surface area contributed by atoms with Crippen molar-refractivity contribution in [3.05, 3.63) is 67.1 Å². The van der Waals surface area contributed by atoms with Crippen molar-refractivity contribution < 1.29 is 0 Å². The highest BCUT2D eigenvalue weighted by Gasteiger charge is 2.07. The SMILES string of the molecule is [CH2]C(Cc1cccnc1)c1ccccn1. The molecule has 0 aliphatic carbocycles. The molecule has 2 rings (SSSR count). The maximum absolute atomic E-state index is 4.29. The predicted molar refractivity (Wildman–Crippen MR) is 60.3 cm³/mol. The summed E-state index contributed by atoms with van der Waals surface area (Å²) in [6, 6.07) is 9.92. The molecule has 0 aromatic carbocycles. The summed E-state index contributed by atoms with van der Waals surface area (Å²) in [6.45, 7) is 4.11. The van der Waals surface area contributed by atoms with E-state index in [9.17, 15) is 0 Å². The van der Waals surface area contributed by atoms with Crippen molar-refractivity contribution in [1.82, 2.24) is 9.97 Å². The van der Waals surface area contributed by atoms with Crippen molar-refractivity contribution in [3.63, 3.8) is 0 Å². The molecule has 0 aliphatic rings. The van der Waals surface area contributed by atoms with Gasteiger partial charge in [-0.05, 0) is 37.1 Å². The van der Waals surface area contributed by atoms with Gasteiger partial charge in [-0.1, -0.05) is 12.1 Å². The molecule has 0 N–H and O–H groups in total. The molecule has 0 amide bonds. The summed E-state index contributed by atoms with van der Waals surface area (Å²) in [4.78, 5) is 8.38. The minimum atomic E-state index is 0.190. The normalized spacial score (nSPS) is 12.3. The largest absolute Gasteiger partial charge is 0.264 e. The Kier molecular flexibility index (Phi) is 3.08. The molecule has 0 spiro atoms. The fourth-order valence-corrected chi connectivity index (χ4v) is 1.53. The Balaban J connectivity index is 2.08. The van der Waals surface area contributed by atoms with E-state index in [0.29, 0.717) is 0 Å². The van der Waals surface area contributed by atoms with E-state index in [1.807, 2.05) is 30.5 Å². The van der Waals surface area contributed by atoms with Crippen LogP contribution < -0.4 is 0 Å². The van der Waals surface area contributed by atoms with E-state index < -0.39 is 0 Å². The first-order valence-electron chi connectivity index (χ1n) is 4.99. The van der Waals surface area contributed by atoms with Crippen LogP contribution in [-0.4, -0.2) is 9.97 Å². The highest BCUT2D eigenvalue weighted by atomic mass is 14.7. The number of pyridine rings is 2. The predicted octanol–water partition coefficient (Wildman–Crippen LogP) is 2.64. The van der Waals surface area contributed by atoms with E-state index in [2.05, 4.69) is 23.0 Å². The first kappa shape index (κ1) is 9.84. The molecule has 2 nitrogen and oxygen atoms in total. The number of hydrogen-bond acceptors (Lipinski definition) is 2. The Morgan fingerprint density at radius 2 is 2.07 bits per heavy atom. The van der Waals surface area contributed by atoms with E-state index >= 15 is 0 Å². The topological polar surface area (TPSA) is 25.8 Å². The molecule has 0 saturated carbocycles. The molecule has 0 aliphatic heterocycles. The van der Waals surface area contributed by atoms with Gasteiger partial charge in [0, 0.05) is 30.2 Å². The monoisotopic (exact) mass is 197 g/mol. The summed E-state index contributed by atoms with van der Waals surface area (Å²) < 4.78 is 0. The second-order valence-corrected chi connectivity index (χ2v) is 3.52. The third-order valence-corrected chi connectivity index (χ3v) is 2.31. The lowest BCUT2D eigenvalue weighted by Crippen LogP contribution is -2.01. The van der Waals surface area contributed by atoms with Gasteiger partial charge in [-0.3, -0.25) is 9.97 Å². The highest BCUT2D eigenvalue weighted by Crippen LogP contribution is 2.16. The summed E-state index contributed by atoms with van der Waals surface area (Å²) in [6.07, 6.45) is 6.34. The maximum Gasteiger partial charge on any atom is 0.0437 e. The Morgan fingerprint density at radius 3 is 2.73 bits per heavy atom. The minimum Gasteiger partial charge on any atom is -0.264 e. The summed E-state index contributed by atoms with van der Waals surface area (Å²) in [7, 11) is 0. The van der Waals surface area contributed by atoms with Gasteiger partial charge < -0.3 is 0 Å². The fraction of sp³-hybridized carbons (Fsp3) is 0.154. The number of hydrogen-bond donors (Lipinski definition) is 0. The highest BCUT2D eigenvalue weighted by molar-refractivity contribution is 5.17. The zero-order valence-corrected chi connectivity index (χ0v) is 8.50. The molecule has 2 aromatic heterocycles. The van der Waals surface area contributed by atoms with Crippen molar-refractivity contribution in [2.45, 2.75) is 12.3 Å². The van der Waals surface area contributed by atoms with E-state index in [1.54, 1.807) is 12.4 Å². The molecule has 0 bridgehead atoms. The van der Waals surface area contributed by atoms with Gasteiger partial charge in [-0.15, -0.1) is 0 Å². The standard InChI is InChI=1S/C13H13N2/c1-11(13-6-2-3-8-15-13)9-12-5-4-7-14-10-12/h2-8,10-11H,1,9H2. The average Bonchev–Trinajstić information content (AvgIpc) is 2.31. The molecule has 2 heteroatoms. The lowest BCUT2D eigenvalue weighted by atomic mass is 9.99. The van der Waals surface area contributed by atoms with Gasteiger partial charge in [0.25, 0.3) is 0 Å². The van der Waals surface area contributed by atoms with Crippen LogP contribution in [0.3, 0.4) is 0 Å². The molecule has 1 unspecified atom stereocenters. The van der Waals surface area contributed by atoms with Crippen LogP contribution in [-0.2, 0) is 6.42 Å². The summed E-state index contributed by atoms with van der Waals surface area (Å²) in [5, 5.41) is 0. The lowest BCUT2D eigenvalue weighted by Gasteiger charge is -2.09. The summed E-state index contributed by atoms with van der Waals surface area (Å²) >= 11 is 0. The van der Waals surface area contributed by atoms with Crippen LogP contribution in [0.2, 0.25) is 0 Å². The molecular formula is C13H13N2. The van der Waals surface area contributed by atoms with Gasteiger partial charge in [0.05, 0.1) is 0 Å². The van der Waals surface area contributed by atoms with Crippen LogP contribution in [0.5, 0.6) is 0 Å². The quantitative estimate of drug-likeness (QED) is 0.756. The molecule has 1 radical (unpaired) electrons. The zero-order valence-electron chi connectivity index (χ0n) is 8.50. The molecular weight excluding hydrogens is 184 g/mol. The Bertz CT molecular complexity index is 397. The van der Waals surface area contributed by atoms with Gasteiger partial charge in [-0.2, -0.15) is 0 Å². The molecule has 0 saturated heterocycles. The second kappa shape index (κ2) is 4.69. The number of aromatic nitrogens is 2. The van der Waals surface area contributed by atoms with Crippen LogP contribution in [0.4, 0.5) is 0 Å². The zero-order chi connectivity index (χ0) is 10.5. The number of nitrogens with zero attached hydrogens (tertiary/aromatic N) is 2. The van der Waals surface area contributed by atoms with E-state index in [0.717, 1.165) is 12.1 Å². The van der Waals surface area contributed by atoms with E-state index in [1.165, 1.54) is 5.56 Å². The average molecular weight is 197 g/mol. The molecule has 75 valence electrons. The van der Waals surface area contributed by atoms with Crippen molar-refractivity contribution in [2.75, 3.05) is 0 Å². The van der Waals surface area contributed by atoms with Crippen LogP contribution in [0.15, 0.2) is 48.9 Å². The molecule has 2 heterocycles. The van der Waals surface area contributed by atoms with Crippen molar-refractivity contribution >= 4 is 0 Å². The molecule has 2 aromatic rings. The van der Waals surface area contributed by atoms with Crippen LogP contribution in [0, 0.1) is 6.92 Å². The van der Waals surface area contributed by atoms with Gasteiger partial charge >= 0.3 is 0 Å². The maximum atomic E-state index is 4.29. The van der Waals surface area contributed by atoms with Crippen molar-refractivity contribution in [1.29, 1.82) is 0 Å². The smallest absolute Gasteiger partial charge is 0.0437 e. The Hall–Kier alpha value is -1.70. The number of rotatable bonds is 3. The van der Waals surface area contributed by atoms with Gasteiger partial charge in [-0.25, -0.2) is 0 Å². The van der Waals surface area contributed by atoms with Gasteiger partial charge in [0.15, 0.2) is 0 Å². The van der Waals surface area contributed by atoms with Crippen LogP contribution in [0.25, 0.3) is 0 Å². The van der Waals surface area contributed by atoms with Gasteiger partial charge in [0.2, 0.25) is 0 Å². The third-order valence-electron chi connectivity index (χ3n) is 2.31. The van der Waals surface area contributed by atoms with Crippen LogP contribution >= 0.6 is 0 Å². The fourth-order valence-electron chi connectivity index (χ4n) is 1.53. The van der Waals surface area contributed by atoms with E-state index in [-0.39, 0.29) is 5.92 Å².